The van der Waals surface area contributed by atoms with Crippen LogP contribution in [0.4, 0.5) is 10.3 Å². The largest absolute Gasteiger partial charge is 0.368 e. The second kappa shape index (κ2) is 7.62. The van der Waals surface area contributed by atoms with Crippen molar-refractivity contribution in [1.82, 2.24) is 14.9 Å². The fraction of sp³-hybridized carbons (Fsp3) is 0.238. The van der Waals surface area contributed by atoms with Crippen LogP contribution in [-0.4, -0.2) is 21.4 Å². The smallest absolute Gasteiger partial charge is 0.220 e. The van der Waals surface area contributed by atoms with E-state index < -0.39 is 0 Å². The maximum Gasteiger partial charge on any atom is 0.220 e. The van der Waals surface area contributed by atoms with Crippen molar-refractivity contribution >= 4 is 17.5 Å². The average molecular weight is 383 g/mol. The van der Waals surface area contributed by atoms with E-state index in [1.807, 2.05) is 36.4 Å². The molecule has 1 aliphatic heterocycles. The molecule has 0 radical (unpaired) electrons. The minimum Gasteiger partial charge on any atom is -0.368 e. The van der Waals surface area contributed by atoms with E-state index in [9.17, 15) is 4.39 Å². The van der Waals surface area contributed by atoms with Crippen LogP contribution in [-0.2, 0) is 6.54 Å². The predicted octanol–water partition coefficient (Wildman–Crippen LogP) is 4.86. The fourth-order valence-corrected chi connectivity index (χ4v) is 3.79. The Morgan fingerprint density at radius 2 is 1.85 bits per heavy atom. The molecule has 0 spiro atoms. The molecular formula is C21H20ClFN4. The molecule has 1 saturated heterocycles. The lowest BCUT2D eigenvalue weighted by molar-refractivity contribution is 0.245. The Morgan fingerprint density at radius 3 is 2.59 bits per heavy atom. The van der Waals surface area contributed by atoms with E-state index in [2.05, 4.69) is 14.9 Å². The van der Waals surface area contributed by atoms with Crippen LogP contribution in [0.2, 0.25) is 5.02 Å². The van der Waals surface area contributed by atoms with E-state index in [4.69, 9.17) is 17.3 Å². The van der Waals surface area contributed by atoms with Gasteiger partial charge < -0.3 is 5.73 Å². The molecule has 0 amide bonds. The molecule has 2 heterocycles. The van der Waals surface area contributed by atoms with Crippen molar-refractivity contribution in [2.45, 2.75) is 25.4 Å². The first-order valence-corrected chi connectivity index (χ1v) is 9.35. The first kappa shape index (κ1) is 17.9. The van der Waals surface area contributed by atoms with Gasteiger partial charge in [-0.1, -0.05) is 35.9 Å². The summed E-state index contributed by atoms with van der Waals surface area (Å²) < 4.78 is 13.2. The zero-order valence-corrected chi connectivity index (χ0v) is 15.5. The summed E-state index contributed by atoms with van der Waals surface area (Å²) in [6.07, 6.45) is 3.86. The Hall–Kier alpha value is -2.50. The number of likely N-dealkylation sites (tertiary alicyclic amines) is 1. The van der Waals surface area contributed by atoms with Crippen LogP contribution in [0.5, 0.6) is 0 Å². The van der Waals surface area contributed by atoms with E-state index in [1.165, 1.54) is 12.1 Å². The number of hydrogen-bond acceptors (Lipinski definition) is 4. The van der Waals surface area contributed by atoms with Gasteiger partial charge in [-0.3, -0.25) is 4.90 Å². The Balaban J connectivity index is 1.67. The molecule has 0 bridgehead atoms. The minimum atomic E-state index is -0.217. The van der Waals surface area contributed by atoms with E-state index >= 15 is 0 Å². The third-order valence-electron chi connectivity index (χ3n) is 4.97. The molecule has 0 saturated carbocycles. The molecule has 3 aromatic rings. The van der Waals surface area contributed by atoms with Gasteiger partial charge in [0.2, 0.25) is 5.95 Å². The van der Waals surface area contributed by atoms with Gasteiger partial charge in [0.25, 0.3) is 0 Å². The van der Waals surface area contributed by atoms with E-state index in [0.717, 1.165) is 48.3 Å². The molecular weight excluding hydrogens is 363 g/mol. The Labute approximate surface area is 162 Å². The Kier molecular flexibility index (Phi) is 5.05. The van der Waals surface area contributed by atoms with Crippen molar-refractivity contribution in [3.05, 3.63) is 76.8 Å². The zero-order valence-electron chi connectivity index (χ0n) is 14.8. The topological polar surface area (TPSA) is 55.0 Å². The summed E-state index contributed by atoms with van der Waals surface area (Å²) >= 11 is 6.03. The number of halogens is 2. The molecule has 2 aromatic carbocycles. The van der Waals surface area contributed by atoms with Gasteiger partial charge in [0.15, 0.2) is 0 Å². The lowest BCUT2D eigenvalue weighted by atomic mass is 9.99. The number of benzene rings is 2. The second-order valence-electron chi connectivity index (χ2n) is 6.79. The van der Waals surface area contributed by atoms with Crippen LogP contribution in [0.1, 0.15) is 30.1 Å². The minimum absolute atomic E-state index is 0.144. The summed E-state index contributed by atoms with van der Waals surface area (Å²) in [6.45, 7) is 1.71. The molecule has 4 nitrogen and oxygen atoms in total. The maximum absolute atomic E-state index is 13.2. The summed E-state index contributed by atoms with van der Waals surface area (Å²) in [4.78, 5) is 11.2. The van der Waals surface area contributed by atoms with E-state index in [0.29, 0.717) is 5.02 Å². The van der Waals surface area contributed by atoms with Crippen molar-refractivity contribution in [1.29, 1.82) is 0 Å². The van der Waals surface area contributed by atoms with Crippen LogP contribution in [0, 0.1) is 5.82 Å². The van der Waals surface area contributed by atoms with Crippen LogP contribution in [0.15, 0.2) is 54.7 Å². The van der Waals surface area contributed by atoms with Crippen LogP contribution in [0.25, 0.3) is 11.1 Å². The summed E-state index contributed by atoms with van der Waals surface area (Å²) in [5.41, 5.74) is 9.91. The SMILES string of the molecule is Nc1ncc(-c2ccc(Cl)cc2)c(C2CCCN2Cc2ccc(F)cc2)n1. The number of rotatable bonds is 4. The summed E-state index contributed by atoms with van der Waals surface area (Å²) in [5.74, 6) is 0.0571. The lowest BCUT2D eigenvalue weighted by Crippen LogP contribution is -2.24. The molecule has 0 aliphatic carbocycles. The molecule has 4 rings (SSSR count). The molecule has 1 aromatic heterocycles. The molecule has 1 fully saturated rings. The number of aromatic nitrogens is 2. The average Bonchev–Trinajstić information content (AvgIpc) is 3.12. The number of hydrogen-bond donors (Lipinski definition) is 1. The monoisotopic (exact) mass is 382 g/mol. The Bertz CT molecular complexity index is 928. The predicted molar refractivity (Wildman–Crippen MR) is 106 cm³/mol. The van der Waals surface area contributed by atoms with Crippen LogP contribution < -0.4 is 5.73 Å². The molecule has 138 valence electrons. The standard InChI is InChI=1S/C21H20ClFN4/c22-16-7-5-15(6-8-16)18-12-25-21(24)26-20(18)19-2-1-11-27(19)13-14-3-9-17(23)10-4-14/h3-10,12,19H,1-2,11,13H2,(H2,24,25,26). The lowest BCUT2D eigenvalue weighted by Gasteiger charge is -2.26. The summed E-state index contributed by atoms with van der Waals surface area (Å²) in [5, 5.41) is 0.690. The highest BCUT2D eigenvalue weighted by atomic mass is 35.5. The molecule has 2 N–H and O–H groups in total. The third kappa shape index (κ3) is 3.94. The van der Waals surface area contributed by atoms with Crippen molar-refractivity contribution in [3.63, 3.8) is 0 Å². The maximum atomic E-state index is 13.2. The van der Waals surface area contributed by atoms with Crippen molar-refractivity contribution in [2.75, 3.05) is 12.3 Å². The van der Waals surface area contributed by atoms with E-state index in [1.54, 1.807) is 6.20 Å². The first-order chi connectivity index (χ1) is 13.1. The highest BCUT2D eigenvalue weighted by molar-refractivity contribution is 6.30. The normalized spacial score (nSPS) is 17.3. The zero-order chi connectivity index (χ0) is 18.8. The van der Waals surface area contributed by atoms with Gasteiger partial charge in [-0.2, -0.15) is 0 Å². The Morgan fingerprint density at radius 1 is 1.11 bits per heavy atom. The molecule has 1 unspecified atom stereocenters. The van der Waals surface area contributed by atoms with E-state index in [-0.39, 0.29) is 17.8 Å². The molecule has 6 heteroatoms. The molecule has 1 aliphatic rings. The summed E-state index contributed by atoms with van der Waals surface area (Å²) in [6, 6.07) is 14.5. The fourth-order valence-electron chi connectivity index (χ4n) is 3.66. The van der Waals surface area contributed by atoms with Gasteiger partial charge in [0.05, 0.1) is 11.7 Å². The molecule has 1 atom stereocenters. The molecule has 27 heavy (non-hydrogen) atoms. The quantitative estimate of drug-likeness (QED) is 0.700. The van der Waals surface area contributed by atoms with Crippen molar-refractivity contribution in [2.24, 2.45) is 0 Å². The van der Waals surface area contributed by atoms with Gasteiger partial charge >= 0.3 is 0 Å². The second-order valence-corrected chi connectivity index (χ2v) is 7.23. The van der Waals surface area contributed by atoms with Crippen molar-refractivity contribution < 1.29 is 4.39 Å². The summed E-state index contributed by atoms with van der Waals surface area (Å²) in [7, 11) is 0. The highest BCUT2D eigenvalue weighted by Crippen LogP contribution is 2.37. The number of nitrogens with two attached hydrogens (primary N) is 1. The van der Waals surface area contributed by atoms with Gasteiger partial charge in [-0.15, -0.1) is 0 Å². The van der Waals surface area contributed by atoms with Gasteiger partial charge in [-0.05, 0) is 54.8 Å². The van der Waals surface area contributed by atoms with Gasteiger partial charge in [-0.25, -0.2) is 14.4 Å². The van der Waals surface area contributed by atoms with Crippen molar-refractivity contribution in [3.8, 4) is 11.1 Å². The number of nitrogen functional groups attached to an aromatic ring is 1. The van der Waals surface area contributed by atoms with Crippen LogP contribution in [0.3, 0.4) is 0 Å². The number of nitrogens with zero attached hydrogens (tertiary/aromatic N) is 3. The first-order valence-electron chi connectivity index (χ1n) is 8.97. The van der Waals surface area contributed by atoms with Gasteiger partial charge in [0, 0.05) is 23.3 Å². The van der Waals surface area contributed by atoms with Gasteiger partial charge in [0.1, 0.15) is 5.82 Å². The van der Waals surface area contributed by atoms with Crippen LogP contribution >= 0.6 is 11.6 Å². The number of anilines is 1. The highest BCUT2D eigenvalue weighted by Gasteiger charge is 2.29. The third-order valence-corrected chi connectivity index (χ3v) is 5.22.